The fourth-order valence-electron chi connectivity index (χ4n) is 4.23. The highest BCUT2D eigenvalue weighted by Gasteiger charge is 2.32. The van der Waals surface area contributed by atoms with Crippen LogP contribution < -0.4 is 0 Å². The van der Waals surface area contributed by atoms with Crippen LogP contribution in [0, 0.1) is 0 Å². The molecule has 1 aromatic carbocycles. The van der Waals surface area contributed by atoms with E-state index in [-0.39, 0.29) is 12.1 Å². The fraction of sp³-hybridized carbons (Fsp3) is 0.731. The van der Waals surface area contributed by atoms with E-state index >= 15 is 0 Å². The standard InChI is InChI=1S/C26H44N2O2/c1-5-6-7-8-9-10-11-15-18-24-22-27(21-23-16-13-12-14-17-23)19-20-28(24)25(29)30-26(2,3)4/h12-14,16-17,24H,5-11,15,18-22H2,1-4H3/t24-/m1/s1. The van der Waals surface area contributed by atoms with Gasteiger partial charge in [0.15, 0.2) is 0 Å². The van der Waals surface area contributed by atoms with Crippen molar-refractivity contribution in [2.75, 3.05) is 19.6 Å². The molecule has 0 bridgehead atoms. The Balaban J connectivity index is 1.85. The summed E-state index contributed by atoms with van der Waals surface area (Å²) in [5.41, 5.74) is 0.899. The monoisotopic (exact) mass is 416 g/mol. The summed E-state index contributed by atoms with van der Waals surface area (Å²) in [6.07, 6.45) is 11.5. The molecular formula is C26H44N2O2. The highest BCUT2D eigenvalue weighted by atomic mass is 16.6. The summed E-state index contributed by atoms with van der Waals surface area (Å²) in [5.74, 6) is 0. The van der Waals surface area contributed by atoms with Crippen molar-refractivity contribution in [2.24, 2.45) is 0 Å². The first kappa shape index (κ1) is 24.7. The van der Waals surface area contributed by atoms with Crippen LogP contribution in [0.3, 0.4) is 0 Å². The molecule has 1 aliphatic heterocycles. The molecule has 2 rings (SSSR count). The Hall–Kier alpha value is -1.55. The van der Waals surface area contributed by atoms with Gasteiger partial charge in [-0.25, -0.2) is 4.79 Å². The average Bonchev–Trinajstić information content (AvgIpc) is 2.69. The smallest absolute Gasteiger partial charge is 0.410 e. The summed E-state index contributed by atoms with van der Waals surface area (Å²) in [7, 11) is 0. The first-order chi connectivity index (χ1) is 14.4. The first-order valence-electron chi connectivity index (χ1n) is 12.1. The second-order valence-electron chi connectivity index (χ2n) is 9.81. The van der Waals surface area contributed by atoms with E-state index in [1.54, 1.807) is 0 Å². The molecule has 0 aromatic heterocycles. The van der Waals surface area contributed by atoms with Gasteiger partial charge in [0.1, 0.15) is 5.60 Å². The van der Waals surface area contributed by atoms with E-state index in [9.17, 15) is 4.79 Å². The lowest BCUT2D eigenvalue weighted by Crippen LogP contribution is -2.55. The maximum atomic E-state index is 12.8. The SMILES string of the molecule is CCCCCCCCCC[C@@H]1CN(Cc2ccccc2)CCN1C(=O)OC(C)(C)C. The Bertz CT molecular complexity index is 597. The molecule has 4 heteroatoms. The zero-order valence-corrected chi connectivity index (χ0v) is 19.9. The number of ether oxygens (including phenoxy) is 1. The lowest BCUT2D eigenvalue weighted by molar-refractivity contribution is -0.00416. The van der Waals surface area contributed by atoms with Crippen LogP contribution in [0.15, 0.2) is 30.3 Å². The molecule has 1 aromatic rings. The molecule has 1 heterocycles. The van der Waals surface area contributed by atoms with E-state index in [4.69, 9.17) is 4.74 Å². The molecule has 0 unspecified atom stereocenters. The van der Waals surface area contributed by atoms with Crippen molar-refractivity contribution in [3.8, 4) is 0 Å². The Labute approximate surface area is 185 Å². The second-order valence-corrected chi connectivity index (χ2v) is 9.81. The van der Waals surface area contributed by atoms with Crippen LogP contribution in [0.4, 0.5) is 4.79 Å². The van der Waals surface area contributed by atoms with Crippen LogP contribution in [0.25, 0.3) is 0 Å². The minimum atomic E-state index is -0.443. The Morgan fingerprint density at radius 1 is 0.967 bits per heavy atom. The lowest BCUT2D eigenvalue weighted by Gasteiger charge is -2.42. The summed E-state index contributed by atoms with van der Waals surface area (Å²) in [6.45, 7) is 11.7. The Kier molecular flexibility index (Phi) is 10.7. The van der Waals surface area contributed by atoms with E-state index in [2.05, 4.69) is 42.2 Å². The molecule has 1 fully saturated rings. The molecule has 30 heavy (non-hydrogen) atoms. The average molecular weight is 417 g/mol. The highest BCUT2D eigenvalue weighted by Crippen LogP contribution is 2.21. The van der Waals surface area contributed by atoms with Crippen molar-refractivity contribution in [3.05, 3.63) is 35.9 Å². The quantitative estimate of drug-likeness (QED) is 0.379. The Morgan fingerprint density at radius 2 is 1.60 bits per heavy atom. The summed E-state index contributed by atoms with van der Waals surface area (Å²) in [4.78, 5) is 17.3. The fourth-order valence-corrected chi connectivity index (χ4v) is 4.23. The van der Waals surface area contributed by atoms with Gasteiger partial charge >= 0.3 is 6.09 Å². The predicted molar refractivity (Wildman–Crippen MR) is 126 cm³/mol. The molecule has 0 aliphatic carbocycles. The van der Waals surface area contributed by atoms with E-state index in [0.717, 1.165) is 32.6 Å². The van der Waals surface area contributed by atoms with Crippen LogP contribution in [0.1, 0.15) is 91.0 Å². The third kappa shape index (κ3) is 9.51. The van der Waals surface area contributed by atoms with Crippen LogP contribution in [0.2, 0.25) is 0 Å². The largest absolute Gasteiger partial charge is 0.444 e. The third-order valence-electron chi connectivity index (χ3n) is 5.83. The zero-order valence-electron chi connectivity index (χ0n) is 19.9. The van der Waals surface area contributed by atoms with Gasteiger partial charge in [0.2, 0.25) is 0 Å². The number of unbranched alkanes of at least 4 members (excludes halogenated alkanes) is 7. The molecule has 1 atom stereocenters. The van der Waals surface area contributed by atoms with Crippen LogP contribution in [-0.4, -0.2) is 47.2 Å². The number of nitrogens with zero attached hydrogens (tertiary/aromatic N) is 2. The molecule has 0 N–H and O–H groups in total. The summed E-state index contributed by atoms with van der Waals surface area (Å²) >= 11 is 0. The minimum Gasteiger partial charge on any atom is -0.444 e. The number of carbonyl (C=O) groups is 1. The van der Waals surface area contributed by atoms with Gasteiger partial charge in [-0.15, -0.1) is 0 Å². The van der Waals surface area contributed by atoms with Crippen molar-refractivity contribution in [1.29, 1.82) is 0 Å². The molecule has 0 radical (unpaired) electrons. The molecule has 1 amide bonds. The van der Waals surface area contributed by atoms with Gasteiger partial charge in [0.05, 0.1) is 0 Å². The van der Waals surface area contributed by atoms with Crippen molar-refractivity contribution in [1.82, 2.24) is 9.80 Å². The van der Waals surface area contributed by atoms with Gasteiger partial charge in [-0.3, -0.25) is 4.90 Å². The molecule has 4 nitrogen and oxygen atoms in total. The predicted octanol–water partition coefficient (Wildman–Crippen LogP) is 6.64. The molecule has 170 valence electrons. The van der Waals surface area contributed by atoms with Crippen molar-refractivity contribution < 1.29 is 9.53 Å². The summed E-state index contributed by atoms with van der Waals surface area (Å²) in [5, 5.41) is 0. The number of rotatable bonds is 11. The number of amides is 1. The molecule has 1 aliphatic rings. The molecule has 0 spiro atoms. The van der Waals surface area contributed by atoms with Gasteiger partial charge in [0.25, 0.3) is 0 Å². The molecule has 0 saturated carbocycles. The van der Waals surface area contributed by atoms with Crippen molar-refractivity contribution >= 4 is 6.09 Å². The lowest BCUT2D eigenvalue weighted by atomic mass is 10.0. The van der Waals surface area contributed by atoms with Crippen LogP contribution >= 0.6 is 0 Å². The topological polar surface area (TPSA) is 32.8 Å². The maximum absolute atomic E-state index is 12.8. The number of hydrogen-bond acceptors (Lipinski definition) is 3. The maximum Gasteiger partial charge on any atom is 0.410 e. The number of piperazine rings is 1. The van der Waals surface area contributed by atoms with E-state index in [1.165, 1.54) is 56.9 Å². The van der Waals surface area contributed by atoms with Crippen LogP contribution in [-0.2, 0) is 11.3 Å². The van der Waals surface area contributed by atoms with Gasteiger partial charge in [0, 0.05) is 32.2 Å². The molecule has 1 saturated heterocycles. The minimum absolute atomic E-state index is 0.147. The highest BCUT2D eigenvalue weighted by molar-refractivity contribution is 5.68. The number of benzene rings is 1. The van der Waals surface area contributed by atoms with Gasteiger partial charge in [-0.2, -0.15) is 0 Å². The van der Waals surface area contributed by atoms with Crippen molar-refractivity contribution in [2.45, 2.75) is 104 Å². The normalized spacial score (nSPS) is 17.9. The zero-order chi connectivity index (χ0) is 21.8. The van der Waals surface area contributed by atoms with Gasteiger partial charge < -0.3 is 9.64 Å². The van der Waals surface area contributed by atoms with E-state index in [0.29, 0.717) is 0 Å². The Morgan fingerprint density at radius 3 is 2.23 bits per heavy atom. The van der Waals surface area contributed by atoms with E-state index < -0.39 is 5.60 Å². The summed E-state index contributed by atoms with van der Waals surface area (Å²) in [6, 6.07) is 10.9. The van der Waals surface area contributed by atoms with Crippen LogP contribution in [0.5, 0.6) is 0 Å². The van der Waals surface area contributed by atoms with E-state index in [1.807, 2.05) is 25.7 Å². The molecular weight excluding hydrogens is 372 g/mol. The second kappa shape index (κ2) is 13.0. The van der Waals surface area contributed by atoms with Gasteiger partial charge in [-0.1, -0.05) is 88.6 Å². The third-order valence-corrected chi connectivity index (χ3v) is 5.83. The summed E-state index contributed by atoms with van der Waals surface area (Å²) < 4.78 is 5.71. The van der Waals surface area contributed by atoms with Crippen molar-refractivity contribution in [3.63, 3.8) is 0 Å². The number of hydrogen-bond donors (Lipinski definition) is 0. The first-order valence-corrected chi connectivity index (χ1v) is 12.1. The van der Waals surface area contributed by atoms with Gasteiger partial charge in [-0.05, 0) is 32.8 Å². The number of carbonyl (C=O) groups excluding carboxylic acids is 1.